The van der Waals surface area contributed by atoms with Gasteiger partial charge in [-0.3, -0.25) is 0 Å². The molecule has 0 unspecified atom stereocenters. The second-order valence-electron chi connectivity index (χ2n) is 6.21. The number of aryl methyl sites for hydroxylation is 1. The van der Waals surface area contributed by atoms with Gasteiger partial charge in [0.15, 0.2) is 0 Å². The summed E-state index contributed by atoms with van der Waals surface area (Å²) >= 11 is 0. The van der Waals surface area contributed by atoms with Crippen LogP contribution in [-0.4, -0.2) is 6.61 Å². The molecule has 0 heterocycles. The van der Waals surface area contributed by atoms with Crippen molar-refractivity contribution >= 4 is 10.8 Å². The van der Waals surface area contributed by atoms with E-state index in [-0.39, 0.29) is 5.82 Å². The van der Waals surface area contributed by atoms with E-state index in [2.05, 4.69) is 30.9 Å². The van der Waals surface area contributed by atoms with Crippen LogP contribution in [0.3, 0.4) is 0 Å². The molecule has 0 aliphatic heterocycles. The van der Waals surface area contributed by atoms with Gasteiger partial charge < -0.3 is 4.74 Å². The molecule has 0 N–H and O–H groups in total. The average molecular weight is 346 g/mol. The highest BCUT2D eigenvalue weighted by molar-refractivity contribution is 5.89. The van der Waals surface area contributed by atoms with Crippen molar-refractivity contribution in [2.24, 2.45) is 0 Å². The van der Waals surface area contributed by atoms with Crippen LogP contribution < -0.4 is 4.74 Å². The minimum Gasteiger partial charge on any atom is -0.490 e. The Kier molecular flexibility index (Phi) is 5.85. The van der Waals surface area contributed by atoms with Crippen molar-refractivity contribution in [1.29, 1.82) is 0 Å². The maximum atomic E-state index is 15.0. The van der Waals surface area contributed by atoms with E-state index in [4.69, 9.17) is 4.74 Å². The van der Waals surface area contributed by atoms with Gasteiger partial charge in [-0.2, -0.15) is 0 Å². The zero-order valence-corrected chi connectivity index (χ0v) is 15.0. The van der Waals surface area contributed by atoms with Crippen LogP contribution in [0.2, 0.25) is 0 Å². The fourth-order valence-corrected chi connectivity index (χ4v) is 3.01. The van der Waals surface area contributed by atoms with Crippen LogP contribution in [-0.2, 0) is 6.42 Å². The Morgan fingerprint density at radius 3 is 2.58 bits per heavy atom. The number of benzene rings is 3. The highest BCUT2D eigenvalue weighted by Crippen LogP contribution is 2.31. The van der Waals surface area contributed by atoms with E-state index < -0.39 is 0 Å². The van der Waals surface area contributed by atoms with Crippen molar-refractivity contribution < 1.29 is 9.13 Å². The smallest absolute Gasteiger partial charge is 0.138 e. The Bertz CT molecular complexity index is 923. The maximum Gasteiger partial charge on any atom is 0.138 e. The number of hydrogen-bond donors (Lipinski definition) is 0. The molecule has 3 aromatic rings. The largest absolute Gasteiger partial charge is 0.490 e. The lowest BCUT2D eigenvalue weighted by Gasteiger charge is -2.10. The first-order valence-electron chi connectivity index (χ1n) is 8.89. The van der Waals surface area contributed by atoms with Gasteiger partial charge in [0.1, 0.15) is 18.2 Å². The highest BCUT2D eigenvalue weighted by atomic mass is 19.1. The molecule has 26 heavy (non-hydrogen) atoms. The molecule has 0 aliphatic carbocycles. The van der Waals surface area contributed by atoms with Crippen LogP contribution in [0.1, 0.15) is 18.9 Å². The summed E-state index contributed by atoms with van der Waals surface area (Å²) in [6, 6.07) is 17.4. The van der Waals surface area contributed by atoms with Crippen molar-refractivity contribution in [3.05, 3.63) is 90.8 Å². The Balaban J connectivity index is 1.88. The van der Waals surface area contributed by atoms with Crippen LogP contribution in [0.4, 0.5) is 4.39 Å². The van der Waals surface area contributed by atoms with E-state index in [0.717, 1.165) is 29.5 Å². The van der Waals surface area contributed by atoms with Gasteiger partial charge >= 0.3 is 0 Å². The molecule has 0 aliphatic rings. The third-order valence-corrected chi connectivity index (χ3v) is 4.39. The molecule has 0 atom stereocenters. The highest BCUT2D eigenvalue weighted by Gasteiger charge is 2.10. The lowest BCUT2D eigenvalue weighted by molar-refractivity contribution is 0.364. The molecule has 0 bridgehead atoms. The maximum absolute atomic E-state index is 15.0. The number of fused-ring (bicyclic) bond motifs is 1. The Hall–Kier alpha value is -2.87. The van der Waals surface area contributed by atoms with Crippen LogP contribution in [0.15, 0.2) is 79.4 Å². The molecule has 0 aromatic heterocycles. The summed E-state index contributed by atoms with van der Waals surface area (Å²) < 4.78 is 20.5. The van der Waals surface area contributed by atoms with Crippen LogP contribution in [0.5, 0.6) is 5.75 Å². The molecular weight excluding hydrogens is 323 g/mol. The lowest BCUT2D eigenvalue weighted by atomic mass is 9.98. The number of allylic oxidation sites excluding steroid dienone is 2. The number of hydrogen-bond acceptors (Lipinski definition) is 1. The number of halogens is 1. The monoisotopic (exact) mass is 346 g/mol. The van der Waals surface area contributed by atoms with E-state index in [9.17, 15) is 0 Å². The lowest BCUT2D eigenvalue weighted by Crippen LogP contribution is -1.93. The Morgan fingerprint density at radius 2 is 1.85 bits per heavy atom. The number of rotatable bonds is 7. The molecule has 0 amide bonds. The van der Waals surface area contributed by atoms with Crippen LogP contribution in [0.25, 0.3) is 21.9 Å². The van der Waals surface area contributed by atoms with E-state index in [1.165, 1.54) is 5.56 Å². The van der Waals surface area contributed by atoms with Gasteiger partial charge in [-0.25, -0.2) is 4.39 Å². The molecule has 0 saturated heterocycles. The third kappa shape index (κ3) is 4.02. The first-order valence-corrected chi connectivity index (χ1v) is 8.89. The average Bonchev–Trinajstić information content (AvgIpc) is 2.67. The predicted molar refractivity (Wildman–Crippen MR) is 108 cm³/mol. The number of ether oxygens (including phenoxy) is 1. The summed E-state index contributed by atoms with van der Waals surface area (Å²) in [5.74, 6) is 0.523. The van der Waals surface area contributed by atoms with E-state index in [1.807, 2.05) is 37.3 Å². The summed E-state index contributed by atoms with van der Waals surface area (Å²) in [6.45, 7) is 6.10. The van der Waals surface area contributed by atoms with Crippen molar-refractivity contribution in [1.82, 2.24) is 0 Å². The Morgan fingerprint density at radius 1 is 1.04 bits per heavy atom. The van der Waals surface area contributed by atoms with E-state index >= 15 is 4.39 Å². The molecule has 3 aromatic carbocycles. The molecule has 0 fully saturated rings. The second kappa shape index (κ2) is 8.48. The van der Waals surface area contributed by atoms with Gasteiger partial charge in [0.25, 0.3) is 0 Å². The molecule has 1 nitrogen and oxygen atoms in total. The van der Waals surface area contributed by atoms with Gasteiger partial charge in [0.2, 0.25) is 0 Å². The van der Waals surface area contributed by atoms with Gasteiger partial charge in [0, 0.05) is 10.9 Å². The summed E-state index contributed by atoms with van der Waals surface area (Å²) in [5, 5.41) is 1.43. The van der Waals surface area contributed by atoms with E-state index in [0.29, 0.717) is 17.6 Å². The summed E-state index contributed by atoms with van der Waals surface area (Å²) in [5.41, 5.74) is 2.78. The summed E-state index contributed by atoms with van der Waals surface area (Å²) in [6.07, 6.45) is 7.93. The van der Waals surface area contributed by atoms with Crippen LogP contribution >= 0.6 is 0 Å². The van der Waals surface area contributed by atoms with Crippen LogP contribution in [0, 0.1) is 5.82 Å². The molecule has 0 saturated carbocycles. The molecule has 132 valence electrons. The quantitative estimate of drug-likeness (QED) is 0.431. The predicted octanol–water partition coefficient (Wildman–Crippen LogP) is 6.72. The summed E-state index contributed by atoms with van der Waals surface area (Å²) in [7, 11) is 0. The third-order valence-electron chi connectivity index (χ3n) is 4.39. The molecular formula is C24H23FO. The van der Waals surface area contributed by atoms with Crippen molar-refractivity contribution in [2.75, 3.05) is 6.61 Å². The van der Waals surface area contributed by atoms with Gasteiger partial charge in [-0.05, 0) is 54.5 Å². The van der Waals surface area contributed by atoms with Gasteiger partial charge in [0.05, 0.1) is 0 Å². The standard InChI is InChI=1S/C24H23FO/c1-3-5-6-7-18-8-10-19(11-9-18)22-14-12-20-17-21(26-16-4-2)13-15-23(20)24(22)25/h3-5,8-15,17H,2,6-7,16H2,1H3/b5-3+. The SMILES string of the molecule is C=CCOc1ccc2c(F)c(-c3ccc(CC/C=C/C)cc3)ccc2c1. The topological polar surface area (TPSA) is 9.23 Å². The molecule has 2 heteroatoms. The molecule has 0 spiro atoms. The van der Waals surface area contributed by atoms with Crippen molar-refractivity contribution in [3.8, 4) is 16.9 Å². The minimum absolute atomic E-state index is 0.195. The van der Waals surface area contributed by atoms with Gasteiger partial charge in [-0.1, -0.05) is 61.2 Å². The van der Waals surface area contributed by atoms with Gasteiger partial charge in [-0.15, -0.1) is 0 Å². The van der Waals surface area contributed by atoms with Crippen molar-refractivity contribution in [2.45, 2.75) is 19.8 Å². The zero-order chi connectivity index (χ0) is 18.4. The normalized spacial score (nSPS) is 11.2. The first kappa shape index (κ1) is 17.9. The van der Waals surface area contributed by atoms with E-state index in [1.54, 1.807) is 18.2 Å². The molecule has 3 rings (SSSR count). The minimum atomic E-state index is -0.195. The Labute approximate surface area is 154 Å². The first-order chi connectivity index (χ1) is 12.7. The molecule has 0 radical (unpaired) electrons. The summed E-state index contributed by atoms with van der Waals surface area (Å²) in [4.78, 5) is 0. The van der Waals surface area contributed by atoms with Crippen molar-refractivity contribution in [3.63, 3.8) is 0 Å². The fourth-order valence-electron chi connectivity index (χ4n) is 3.01. The zero-order valence-electron chi connectivity index (χ0n) is 15.0. The fraction of sp³-hybridized carbons (Fsp3) is 0.167. The second-order valence-corrected chi connectivity index (χ2v) is 6.21.